The first kappa shape index (κ1) is 14.8. The number of aryl methyl sites for hydroxylation is 2. The van der Waals surface area contributed by atoms with Gasteiger partial charge in [-0.2, -0.15) is 0 Å². The maximum absolute atomic E-state index is 6.09. The van der Waals surface area contributed by atoms with Crippen molar-refractivity contribution >= 4 is 28.8 Å². The fraction of sp³-hybridized carbons (Fsp3) is 0.200. The minimum absolute atomic E-state index is 0.261. The van der Waals surface area contributed by atoms with E-state index >= 15 is 0 Å². The third-order valence-electron chi connectivity index (χ3n) is 2.88. The molecule has 0 aliphatic rings. The number of pyridine rings is 1. The summed E-state index contributed by atoms with van der Waals surface area (Å²) in [6.45, 7) is 3.92. The number of benzene rings is 1. The molecule has 20 heavy (non-hydrogen) atoms. The van der Waals surface area contributed by atoms with E-state index in [4.69, 9.17) is 34.3 Å². The van der Waals surface area contributed by atoms with Crippen LogP contribution < -0.4 is 10.5 Å². The van der Waals surface area contributed by atoms with E-state index in [0.29, 0.717) is 17.2 Å². The van der Waals surface area contributed by atoms with Crippen LogP contribution in [0.1, 0.15) is 23.7 Å². The molecule has 0 unspecified atom stereocenters. The van der Waals surface area contributed by atoms with Crippen LogP contribution in [0.25, 0.3) is 0 Å². The third-order valence-corrected chi connectivity index (χ3v) is 3.47. The fourth-order valence-corrected chi connectivity index (χ4v) is 2.20. The predicted molar refractivity (Wildman–Crippen MR) is 85.8 cm³/mol. The van der Waals surface area contributed by atoms with Gasteiger partial charge in [-0.1, -0.05) is 30.7 Å². The second-order valence-corrected chi connectivity index (χ2v) is 5.23. The summed E-state index contributed by atoms with van der Waals surface area (Å²) in [4.78, 5) is 4.61. The molecule has 1 heterocycles. The molecule has 0 aliphatic carbocycles. The molecule has 2 rings (SSSR count). The molecule has 1 aromatic carbocycles. The van der Waals surface area contributed by atoms with E-state index < -0.39 is 0 Å². The minimum atomic E-state index is 0.261. The van der Waals surface area contributed by atoms with Gasteiger partial charge in [0.15, 0.2) is 0 Å². The first-order chi connectivity index (χ1) is 9.51. The van der Waals surface area contributed by atoms with Gasteiger partial charge in [-0.3, -0.25) is 0 Å². The average Bonchev–Trinajstić information content (AvgIpc) is 2.40. The number of hydrogen-bond acceptors (Lipinski definition) is 3. The molecule has 5 heteroatoms. The Bertz CT molecular complexity index is 658. The highest BCUT2D eigenvalue weighted by atomic mass is 35.5. The van der Waals surface area contributed by atoms with Crippen LogP contribution in [0.3, 0.4) is 0 Å². The Morgan fingerprint density at radius 3 is 2.75 bits per heavy atom. The Morgan fingerprint density at radius 2 is 2.10 bits per heavy atom. The summed E-state index contributed by atoms with van der Waals surface area (Å²) in [5.74, 6) is 1.09. The lowest BCUT2D eigenvalue weighted by atomic mass is 10.1. The van der Waals surface area contributed by atoms with Crippen molar-refractivity contribution in [3.05, 3.63) is 52.2 Å². The molecule has 104 valence electrons. The second-order valence-electron chi connectivity index (χ2n) is 4.38. The predicted octanol–water partition coefficient (Wildman–Crippen LogP) is 4.03. The highest BCUT2D eigenvalue weighted by Crippen LogP contribution is 2.28. The molecule has 0 spiro atoms. The Balaban J connectivity index is 2.39. The van der Waals surface area contributed by atoms with Crippen LogP contribution in [0.5, 0.6) is 11.6 Å². The average molecular weight is 307 g/mol. The number of rotatable bonds is 4. The molecule has 0 saturated heterocycles. The van der Waals surface area contributed by atoms with Gasteiger partial charge in [-0.05, 0) is 49.2 Å². The van der Waals surface area contributed by atoms with Crippen LogP contribution in [0.2, 0.25) is 5.02 Å². The van der Waals surface area contributed by atoms with E-state index in [1.165, 1.54) is 0 Å². The van der Waals surface area contributed by atoms with Gasteiger partial charge in [0.25, 0.3) is 0 Å². The standard InChI is InChI=1S/C15H15ClN2OS/c1-3-10-8-11(5-7-13(10)16)19-15-12(14(17)20)6-4-9(2)18-15/h4-8H,3H2,1-2H3,(H2,17,20). The summed E-state index contributed by atoms with van der Waals surface area (Å²) >= 11 is 11.1. The normalized spacial score (nSPS) is 10.3. The van der Waals surface area contributed by atoms with E-state index in [1.807, 2.05) is 38.1 Å². The molecule has 2 aromatic rings. The van der Waals surface area contributed by atoms with Gasteiger partial charge in [0, 0.05) is 10.7 Å². The monoisotopic (exact) mass is 306 g/mol. The number of halogens is 1. The smallest absolute Gasteiger partial charge is 0.229 e. The molecular weight excluding hydrogens is 292 g/mol. The van der Waals surface area contributed by atoms with Crippen molar-refractivity contribution < 1.29 is 4.74 Å². The summed E-state index contributed by atoms with van der Waals surface area (Å²) in [7, 11) is 0. The van der Waals surface area contributed by atoms with Crippen LogP contribution in [0.15, 0.2) is 30.3 Å². The van der Waals surface area contributed by atoms with Gasteiger partial charge in [0.05, 0.1) is 5.56 Å². The molecule has 0 atom stereocenters. The van der Waals surface area contributed by atoms with Crippen LogP contribution in [0, 0.1) is 6.92 Å². The summed E-state index contributed by atoms with van der Waals surface area (Å²) < 4.78 is 5.81. The van der Waals surface area contributed by atoms with Crippen molar-refractivity contribution in [1.82, 2.24) is 4.98 Å². The van der Waals surface area contributed by atoms with Gasteiger partial charge in [-0.25, -0.2) is 4.98 Å². The molecule has 0 aliphatic heterocycles. The summed E-state index contributed by atoms with van der Waals surface area (Å²) in [6, 6.07) is 9.17. The maximum Gasteiger partial charge on any atom is 0.229 e. The lowest BCUT2D eigenvalue weighted by Crippen LogP contribution is -2.12. The van der Waals surface area contributed by atoms with E-state index in [2.05, 4.69) is 4.98 Å². The molecule has 0 bridgehead atoms. The van der Waals surface area contributed by atoms with Gasteiger partial charge in [-0.15, -0.1) is 0 Å². The Hall–Kier alpha value is -1.65. The molecule has 2 N–H and O–H groups in total. The van der Waals surface area contributed by atoms with Gasteiger partial charge >= 0.3 is 0 Å². The van der Waals surface area contributed by atoms with E-state index in [1.54, 1.807) is 6.07 Å². The molecule has 0 radical (unpaired) electrons. The van der Waals surface area contributed by atoms with E-state index in [-0.39, 0.29) is 4.99 Å². The number of thiocarbonyl (C=S) groups is 1. The van der Waals surface area contributed by atoms with Crippen LogP contribution in [-0.4, -0.2) is 9.97 Å². The van der Waals surface area contributed by atoms with Crippen LogP contribution in [-0.2, 0) is 6.42 Å². The highest BCUT2D eigenvalue weighted by Gasteiger charge is 2.10. The van der Waals surface area contributed by atoms with Gasteiger partial charge in [0.2, 0.25) is 5.88 Å². The molecule has 0 amide bonds. The Kier molecular flexibility index (Phi) is 4.57. The van der Waals surface area contributed by atoms with Crippen molar-refractivity contribution in [3.63, 3.8) is 0 Å². The van der Waals surface area contributed by atoms with Crippen LogP contribution >= 0.6 is 23.8 Å². The SMILES string of the molecule is CCc1cc(Oc2nc(C)ccc2C(N)=S)ccc1Cl. The first-order valence-electron chi connectivity index (χ1n) is 6.25. The van der Waals surface area contributed by atoms with E-state index in [9.17, 15) is 0 Å². The largest absolute Gasteiger partial charge is 0.438 e. The number of hydrogen-bond donors (Lipinski definition) is 1. The van der Waals surface area contributed by atoms with Gasteiger partial charge < -0.3 is 10.5 Å². The summed E-state index contributed by atoms with van der Waals surface area (Å²) in [5, 5.41) is 0.728. The topological polar surface area (TPSA) is 48.1 Å². The molecule has 3 nitrogen and oxygen atoms in total. The molecule has 1 aromatic heterocycles. The molecular formula is C15H15ClN2OS. The van der Waals surface area contributed by atoms with Crippen molar-refractivity contribution in [1.29, 1.82) is 0 Å². The van der Waals surface area contributed by atoms with Gasteiger partial charge in [0.1, 0.15) is 10.7 Å². The summed E-state index contributed by atoms with van der Waals surface area (Å²) in [5.41, 5.74) is 8.17. The lowest BCUT2D eigenvalue weighted by Gasteiger charge is -2.11. The molecule has 0 fully saturated rings. The van der Waals surface area contributed by atoms with Crippen molar-refractivity contribution in [2.45, 2.75) is 20.3 Å². The van der Waals surface area contributed by atoms with Crippen molar-refractivity contribution in [2.75, 3.05) is 0 Å². The zero-order valence-corrected chi connectivity index (χ0v) is 12.9. The second kappa shape index (κ2) is 6.20. The third kappa shape index (κ3) is 3.26. The van der Waals surface area contributed by atoms with Crippen LogP contribution in [0.4, 0.5) is 0 Å². The molecule has 0 saturated carbocycles. The number of nitrogens with zero attached hydrogens (tertiary/aromatic N) is 1. The highest BCUT2D eigenvalue weighted by molar-refractivity contribution is 7.80. The number of nitrogens with two attached hydrogens (primary N) is 1. The zero-order valence-electron chi connectivity index (χ0n) is 11.3. The fourth-order valence-electron chi connectivity index (χ4n) is 1.80. The van der Waals surface area contributed by atoms with E-state index in [0.717, 1.165) is 22.7 Å². The number of aromatic nitrogens is 1. The first-order valence-corrected chi connectivity index (χ1v) is 7.03. The van der Waals surface area contributed by atoms with Crippen molar-refractivity contribution in [2.24, 2.45) is 5.73 Å². The zero-order chi connectivity index (χ0) is 14.7. The van der Waals surface area contributed by atoms with Crippen molar-refractivity contribution in [3.8, 4) is 11.6 Å². The Labute approximate surface area is 128 Å². The Morgan fingerprint density at radius 1 is 1.35 bits per heavy atom. The maximum atomic E-state index is 6.09. The minimum Gasteiger partial charge on any atom is -0.438 e. The lowest BCUT2D eigenvalue weighted by molar-refractivity contribution is 0.460. The quantitative estimate of drug-likeness (QED) is 0.866. The number of ether oxygens (including phenoxy) is 1. The summed E-state index contributed by atoms with van der Waals surface area (Å²) in [6.07, 6.45) is 0.833.